The molecule has 1 fully saturated rings. The molecule has 1 aliphatic heterocycles. The Morgan fingerprint density at radius 1 is 0.733 bits per heavy atom. The van der Waals surface area contributed by atoms with Crippen LogP contribution in [0.4, 0.5) is 0 Å². The molecule has 334 valence electrons. The van der Waals surface area contributed by atoms with Crippen LogP contribution in [0.2, 0.25) is 0 Å². The van der Waals surface area contributed by atoms with Crippen molar-refractivity contribution in [1.82, 2.24) is 31.5 Å². The van der Waals surface area contributed by atoms with Crippen molar-refractivity contribution in [2.75, 3.05) is 19.7 Å². The van der Waals surface area contributed by atoms with Gasteiger partial charge in [-0.2, -0.15) is 0 Å². The summed E-state index contributed by atoms with van der Waals surface area (Å²) in [5.74, 6) is -6.75. The maximum Gasteiger partial charge on any atom is 0.246 e. The van der Waals surface area contributed by atoms with E-state index in [-0.39, 0.29) is 63.0 Å². The SMILES string of the molecule is CC(C)C[C@H](NC(=O)[C@H](CC(C)C)NC(=O)[C@H](Cc1ccccc1)NC(=O)[C@@H](N)CO)C(=O)N[C@@H](CCCN=C(N)N)C(=O)N[C@@H](CC(N)=O)C(=O)N1CCC[C@H]1C(N)=O. The van der Waals surface area contributed by atoms with E-state index < -0.39 is 103 Å². The van der Waals surface area contributed by atoms with Crippen molar-refractivity contribution in [1.29, 1.82) is 0 Å². The van der Waals surface area contributed by atoms with Crippen molar-refractivity contribution in [3.05, 3.63) is 35.9 Å². The van der Waals surface area contributed by atoms with Crippen LogP contribution < -0.4 is 55.3 Å². The molecule has 0 aliphatic carbocycles. The Morgan fingerprint density at radius 3 is 1.73 bits per heavy atom. The molecule has 1 saturated heterocycles. The summed E-state index contributed by atoms with van der Waals surface area (Å²) in [7, 11) is 0. The predicted octanol–water partition coefficient (Wildman–Crippen LogP) is -3.53. The summed E-state index contributed by atoms with van der Waals surface area (Å²) in [5.41, 5.74) is 28.2. The minimum absolute atomic E-state index is 0.0350. The highest BCUT2D eigenvalue weighted by Crippen LogP contribution is 2.19. The molecule has 1 heterocycles. The zero-order valence-corrected chi connectivity index (χ0v) is 34.9. The third-order valence-electron chi connectivity index (χ3n) is 9.59. The van der Waals surface area contributed by atoms with E-state index in [4.69, 9.17) is 28.7 Å². The van der Waals surface area contributed by atoms with Gasteiger partial charge in [0, 0.05) is 19.5 Å². The molecule has 60 heavy (non-hydrogen) atoms. The normalized spacial score (nSPS) is 16.7. The first-order chi connectivity index (χ1) is 28.2. The second kappa shape index (κ2) is 24.9. The topological polar surface area (TPSA) is 363 Å². The Labute approximate surface area is 350 Å². The molecule has 21 nitrogen and oxygen atoms in total. The molecule has 21 heteroatoms. The van der Waals surface area contributed by atoms with E-state index in [1.165, 1.54) is 4.90 Å². The number of aliphatic hydroxyl groups excluding tert-OH is 1. The van der Waals surface area contributed by atoms with Gasteiger partial charge in [-0.3, -0.25) is 43.3 Å². The molecule has 1 aliphatic rings. The largest absolute Gasteiger partial charge is 0.394 e. The third-order valence-corrected chi connectivity index (χ3v) is 9.59. The molecule has 2 rings (SSSR count). The Morgan fingerprint density at radius 2 is 1.23 bits per heavy atom. The van der Waals surface area contributed by atoms with Crippen LogP contribution in [-0.2, 0) is 44.8 Å². The number of benzene rings is 1. The van der Waals surface area contributed by atoms with Crippen LogP contribution in [0.5, 0.6) is 0 Å². The van der Waals surface area contributed by atoms with Gasteiger partial charge in [0.05, 0.1) is 13.0 Å². The number of nitrogens with one attached hydrogen (secondary N) is 5. The average Bonchev–Trinajstić information content (AvgIpc) is 3.67. The van der Waals surface area contributed by atoms with Gasteiger partial charge < -0.3 is 65.3 Å². The second-order valence-corrected chi connectivity index (χ2v) is 15.8. The van der Waals surface area contributed by atoms with Gasteiger partial charge in [-0.1, -0.05) is 58.0 Å². The monoisotopic (exact) mass is 844 g/mol. The number of hydrogen-bond acceptors (Lipinski definition) is 11. The second-order valence-electron chi connectivity index (χ2n) is 15.8. The summed E-state index contributed by atoms with van der Waals surface area (Å²) in [6, 6.07) is 0.121. The van der Waals surface area contributed by atoms with Crippen molar-refractivity contribution in [3.8, 4) is 0 Å². The van der Waals surface area contributed by atoms with Crippen molar-refractivity contribution in [3.63, 3.8) is 0 Å². The number of rotatable bonds is 25. The molecule has 7 atom stereocenters. The first-order valence-corrected chi connectivity index (χ1v) is 20.1. The molecule has 8 amide bonds. The van der Waals surface area contributed by atoms with Crippen molar-refractivity contribution in [2.24, 2.45) is 45.5 Å². The van der Waals surface area contributed by atoms with E-state index in [2.05, 4.69) is 31.6 Å². The van der Waals surface area contributed by atoms with Gasteiger partial charge in [0.25, 0.3) is 0 Å². The lowest BCUT2D eigenvalue weighted by Crippen LogP contribution is -2.60. The molecule has 0 spiro atoms. The fraction of sp³-hybridized carbons (Fsp3) is 0.615. The number of carbonyl (C=O) groups is 8. The third kappa shape index (κ3) is 17.2. The molecule has 0 bridgehead atoms. The first kappa shape index (κ1) is 50.3. The van der Waals surface area contributed by atoms with Gasteiger partial charge in [0.1, 0.15) is 42.3 Å². The van der Waals surface area contributed by atoms with E-state index in [1.807, 2.05) is 27.7 Å². The number of primary amides is 2. The van der Waals surface area contributed by atoms with Crippen molar-refractivity contribution >= 4 is 53.2 Å². The van der Waals surface area contributed by atoms with Crippen LogP contribution in [0.25, 0.3) is 0 Å². The summed E-state index contributed by atoms with van der Waals surface area (Å²) < 4.78 is 0. The van der Waals surface area contributed by atoms with E-state index in [1.54, 1.807) is 30.3 Å². The maximum atomic E-state index is 14.0. The number of nitrogens with two attached hydrogens (primary N) is 5. The lowest BCUT2D eigenvalue weighted by molar-refractivity contribution is -0.142. The van der Waals surface area contributed by atoms with E-state index in [9.17, 15) is 43.5 Å². The quantitative estimate of drug-likeness (QED) is 0.0259. The Bertz CT molecular complexity index is 1670. The molecule has 1 aromatic carbocycles. The molecule has 0 aromatic heterocycles. The molecule has 0 saturated carbocycles. The van der Waals surface area contributed by atoms with Crippen LogP contribution in [0.3, 0.4) is 0 Å². The number of aliphatic imine (C=N–C) groups is 1. The van der Waals surface area contributed by atoms with Gasteiger partial charge in [-0.25, -0.2) is 0 Å². The minimum atomic E-state index is -1.49. The Balaban J connectivity index is 2.39. The Kier molecular flexibility index (Phi) is 20.9. The molecular weight excluding hydrogens is 781 g/mol. The van der Waals surface area contributed by atoms with Crippen LogP contribution in [0, 0.1) is 11.8 Å². The fourth-order valence-corrected chi connectivity index (χ4v) is 6.62. The summed E-state index contributed by atoms with van der Waals surface area (Å²) in [6.45, 7) is 6.84. The number of guanidine groups is 1. The smallest absolute Gasteiger partial charge is 0.246 e. The number of hydrogen-bond donors (Lipinski definition) is 11. The van der Waals surface area contributed by atoms with Gasteiger partial charge in [-0.05, 0) is 55.9 Å². The summed E-state index contributed by atoms with van der Waals surface area (Å²) >= 11 is 0. The summed E-state index contributed by atoms with van der Waals surface area (Å²) in [6.07, 6.45) is 0.546. The average molecular weight is 845 g/mol. The van der Waals surface area contributed by atoms with Gasteiger partial charge in [-0.15, -0.1) is 0 Å². The van der Waals surface area contributed by atoms with Gasteiger partial charge in [0.2, 0.25) is 47.3 Å². The van der Waals surface area contributed by atoms with Crippen molar-refractivity contribution < 1.29 is 43.5 Å². The number of likely N-dealkylation sites (tertiary alicyclic amines) is 1. The highest BCUT2D eigenvalue weighted by molar-refractivity contribution is 5.98. The van der Waals surface area contributed by atoms with Gasteiger partial charge >= 0.3 is 0 Å². The summed E-state index contributed by atoms with van der Waals surface area (Å²) in [5, 5.41) is 22.6. The lowest BCUT2D eigenvalue weighted by atomic mass is 9.98. The van der Waals surface area contributed by atoms with Crippen LogP contribution >= 0.6 is 0 Å². The predicted molar refractivity (Wildman–Crippen MR) is 221 cm³/mol. The van der Waals surface area contributed by atoms with E-state index >= 15 is 0 Å². The lowest BCUT2D eigenvalue weighted by Gasteiger charge is -2.30. The van der Waals surface area contributed by atoms with Crippen molar-refractivity contribution in [2.45, 2.75) is 121 Å². The number of amides is 8. The number of aliphatic hydroxyl groups is 1. The maximum absolute atomic E-state index is 14.0. The zero-order chi connectivity index (χ0) is 45.1. The van der Waals surface area contributed by atoms with Gasteiger partial charge in [0.15, 0.2) is 5.96 Å². The molecule has 0 radical (unpaired) electrons. The minimum Gasteiger partial charge on any atom is -0.394 e. The van der Waals surface area contributed by atoms with Crippen LogP contribution in [-0.4, -0.2) is 125 Å². The molecule has 0 unspecified atom stereocenters. The number of carbonyl (C=O) groups excluding carboxylic acids is 8. The van der Waals surface area contributed by atoms with Crippen LogP contribution in [0.1, 0.15) is 78.2 Å². The van der Waals surface area contributed by atoms with E-state index in [0.29, 0.717) is 18.4 Å². The van der Waals surface area contributed by atoms with E-state index in [0.717, 1.165) is 0 Å². The fourth-order valence-electron chi connectivity index (χ4n) is 6.62. The molecule has 16 N–H and O–H groups in total. The number of nitrogens with zero attached hydrogens (tertiary/aromatic N) is 2. The molecule has 1 aromatic rings. The summed E-state index contributed by atoms with van der Waals surface area (Å²) in [4.78, 5) is 111. The molecular formula is C39H64N12O9. The first-order valence-electron chi connectivity index (χ1n) is 20.1. The highest BCUT2D eigenvalue weighted by atomic mass is 16.3. The Hall–Kier alpha value is -5.83. The standard InChI is InChI=1S/C39H64N12O9/c1-21(2)16-26(48-36(58)27(17-22(3)4)49-37(59)28(47-33(55)24(40)20-52)18-23-10-6-5-7-11-23)35(57)46-25(12-8-14-45-39(43)44)34(56)50-29(19-31(41)53)38(60)51-15-9-13-30(51)32(42)54/h5-7,10-11,21-22,24-30,52H,8-9,12-20,40H2,1-4H3,(H2,41,53)(H2,42,54)(H,46,57)(H,47,55)(H,48,58)(H,49,59)(H,50,56)(H4,43,44,45)/t24-,25-,26-,27-,28-,29-,30-/m0/s1. The zero-order valence-electron chi connectivity index (χ0n) is 34.9. The highest BCUT2D eigenvalue weighted by Gasteiger charge is 2.39. The van der Waals surface area contributed by atoms with Crippen LogP contribution in [0.15, 0.2) is 35.3 Å².